The summed E-state index contributed by atoms with van der Waals surface area (Å²) in [4.78, 5) is 12.7. The molecule has 1 heterocycles. The Morgan fingerprint density at radius 3 is 2.61 bits per heavy atom. The molecule has 0 radical (unpaired) electrons. The van der Waals surface area contributed by atoms with Crippen molar-refractivity contribution < 1.29 is 13.2 Å². The van der Waals surface area contributed by atoms with Crippen LogP contribution in [0.1, 0.15) is 19.4 Å². The highest BCUT2D eigenvalue weighted by Gasteiger charge is 2.30. The predicted octanol–water partition coefficient (Wildman–Crippen LogP) is 2.96. The van der Waals surface area contributed by atoms with Gasteiger partial charge in [0, 0.05) is 11.6 Å². The summed E-state index contributed by atoms with van der Waals surface area (Å²) >= 11 is 7.04. The molecule has 2 N–H and O–H groups in total. The molecule has 2 aromatic carbocycles. The van der Waals surface area contributed by atoms with E-state index in [1.165, 1.54) is 6.07 Å². The number of benzene rings is 2. The summed E-state index contributed by atoms with van der Waals surface area (Å²) in [5.41, 5.74) is 1.54. The van der Waals surface area contributed by atoms with Gasteiger partial charge in [-0.05, 0) is 29.7 Å². The van der Waals surface area contributed by atoms with Gasteiger partial charge in [0.25, 0.3) is 0 Å². The Balaban J connectivity index is 1.79. The largest absolute Gasteiger partial charge is 0.351 e. The van der Waals surface area contributed by atoms with Gasteiger partial charge in [-0.1, -0.05) is 49.7 Å². The van der Waals surface area contributed by atoms with Gasteiger partial charge in [-0.2, -0.15) is 13.5 Å². The average Bonchev–Trinajstić information content (AvgIpc) is 3.13. The van der Waals surface area contributed by atoms with Gasteiger partial charge >= 0.3 is 0 Å². The van der Waals surface area contributed by atoms with Gasteiger partial charge in [-0.3, -0.25) is 4.79 Å². The van der Waals surface area contributed by atoms with Crippen molar-refractivity contribution in [1.82, 2.24) is 18.8 Å². The quantitative estimate of drug-likeness (QED) is 0.590. The van der Waals surface area contributed by atoms with Crippen LogP contribution in [0, 0.1) is 5.92 Å². The Morgan fingerprint density at radius 2 is 1.89 bits per heavy atom. The third-order valence-corrected chi connectivity index (χ3v) is 6.56. The van der Waals surface area contributed by atoms with Gasteiger partial charge in [0.15, 0.2) is 0 Å². The molecule has 3 rings (SSSR count). The molecule has 148 valence electrons. The second-order valence-corrected chi connectivity index (χ2v) is 9.16. The molecular formula is C18H19ClN4O3S2. The number of hydrogen-bond acceptors (Lipinski definition) is 6. The Labute approximate surface area is 172 Å². The molecule has 3 aromatic rings. The van der Waals surface area contributed by atoms with Gasteiger partial charge < -0.3 is 5.32 Å². The van der Waals surface area contributed by atoms with E-state index in [1.807, 2.05) is 6.07 Å². The van der Waals surface area contributed by atoms with Crippen LogP contribution >= 0.6 is 23.3 Å². The molecule has 10 heteroatoms. The smallest absolute Gasteiger partial charge is 0.243 e. The van der Waals surface area contributed by atoms with Gasteiger partial charge in [-0.15, -0.1) is 0 Å². The van der Waals surface area contributed by atoms with Crippen LogP contribution in [0.5, 0.6) is 0 Å². The first-order valence-corrected chi connectivity index (χ1v) is 11.1. The van der Waals surface area contributed by atoms with E-state index in [2.05, 4.69) is 18.8 Å². The second kappa shape index (κ2) is 8.52. The maximum atomic E-state index is 12.9. The zero-order chi connectivity index (χ0) is 20.3. The molecule has 1 unspecified atom stereocenters. The first kappa shape index (κ1) is 20.7. The van der Waals surface area contributed by atoms with E-state index >= 15 is 0 Å². The molecule has 0 aliphatic heterocycles. The van der Waals surface area contributed by atoms with E-state index in [9.17, 15) is 13.2 Å². The number of nitrogens with one attached hydrogen (secondary N) is 2. The minimum Gasteiger partial charge on any atom is -0.351 e. The first-order valence-electron chi connectivity index (χ1n) is 8.54. The van der Waals surface area contributed by atoms with Crippen LogP contribution in [0.2, 0.25) is 5.02 Å². The lowest BCUT2D eigenvalue weighted by molar-refractivity contribution is -0.123. The van der Waals surface area contributed by atoms with Gasteiger partial charge in [-0.25, -0.2) is 8.42 Å². The number of fused-ring (bicyclic) bond motifs is 1. The maximum absolute atomic E-state index is 12.9. The van der Waals surface area contributed by atoms with E-state index in [4.69, 9.17) is 11.6 Å². The molecule has 7 nitrogen and oxygen atoms in total. The third kappa shape index (κ3) is 4.49. The van der Waals surface area contributed by atoms with Crippen LogP contribution < -0.4 is 10.0 Å². The van der Waals surface area contributed by atoms with E-state index in [-0.39, 0.29) is 17.4 Å². The van der Waals surface area contributed by atoms with Crippen molar-refractivity contribution in [3.63, 3.8) is 0 Å². The summed E-state index contributed by atoms with van der Waals surface area (Å²) in [7, 11) is -3.97. The highest BCUT2D eigenvalue weighted by molar-refractivity contribution is 7.89. The Bertz CT molecular complexity index is 1100. The van der Waals surface area contributed by atoms with Crippen LogP contribution in [0.3, 0.4) is 0 Å². The van der Waals surface area contributed by atoms with Gasteiger partial charge in [0.05, 0.1) is 11.7 Å². The average molecular weight is 439 g/mol. The summed E-state index contributed by atoms with van der Waals surface area (Å²) in [6, 6.07) is 10.9. The van der Waals surface area contributed by atoms with Crippen LogP contribution in [-0.4, -0.2) is 29.1 Å². The molecule has 1 amide bonds. The molecular weight excluding hydrogens is 420 g/mol. The maximum Gasteiger partial charge on any atom is 0.243 e. The standard InChI is InChI=1S/C18H19ClN4O3S2/c1-11(2)16(18(24)20-10-12-6-3-4-7-13(12)19)23-28(25,26)15-9-5-8-14-17(15)22-27-21-14/h3-9,11,16,23H,10H2,1-2H3,(H,20,24). The monoisotopic (exact) mass is 438 g/mol. The summed E-state index contributed by atoms with van der Waals surface area (Å²) in [6.45, 7) is 3.75. The fourth-order valence-corrected chi connectivity index (χ4v) is 4.97. The predicted molar refractivity (Wildman–Crippen MR) is 110 cm³/mol. The summed E-state index contributed by atoms with van der Waals surface area (Å²) < 4.78 is 36.5. The number of carbonyl (C=O) groups is 1. The van der Waals surface area contributed by atoms with Crippen LogP contribution in [-0.2, 0) is 21.4 Å². The van der Waals surface area contributed by atoms with Crippen LogP contribution in [0.15, 0.2) is 47.4 Å². The topological polar surface area (TPSA) is 101 Å². The second-order valence-electron chi connectivity index (χ2n) is 6.54. The molecule has 0 saturated heterocycles. The molecule has 0 spiro atoms. The van der Waals surface area contributed by atoms with Crippen molar-refractivity contribution in [3.05, 3.63) is 53.1 Å². The minimum atomic E-state index is -3.97. The zero-order valence-electron chi connectivity index (χ0n) is 15.2. The highest BCUT2D eigenvalue weighted by Crippen LogP contribution is 2.22. The number of rotatable bonds is 7. The SMILES string of the molecule is CC(C)C(NS(=O)(=O)c1cccc2nsnc12)C(=O)NCc1ccccc1Cl. The van der Waals surface area contributed by atoms with E-state index in [0.717, 1.165) is 17.3 Å². The normalized spacial score (nSPS) is 13.0. The van der Waals surface area contributed by atoms with Crippen molar-refractivity contribution in [2.24, 2.45) is 5.92 Å². The Morgan fingerprint density at radius 1 is 1.14 bits per heavy atom. The minimum absolute atomic E-state index is 0.00306. The van der Waals surface area contributed by atoms with Crippen molar-refractivity contribution in [3.8, 4) is 0 Å². The molecule has 0 aliphatic carbocycles. The Hall–Kier alpha value is -2.07. The number of nitrogens with zero attached hydrogens (tertiary/aromatic N) is 2. The van der Waals surface area contributed by atoms with Crippen molar-refractivity contribution in [1.29, 1.82) is 0 Å². The summed E-state index contributed by atoms with van der Waals surface area (Å²) in [5.74, 6) is -0.698. The molecule has 1 atom stereocenters. The number of halogens is 1. The molecule has 0 aliphatic rings. The zero-order valence-corrected chi connectivity index (χ0v) is 17.6. The molecule has 1 aromatic heterocycles. The van der Waals surface area contributed by atoms with Crippen LogP contribution in [0.25, 0.3) is 11.0 Å². The number of sulfonamides is 1. The fraction of sp³-hybridized carbons (Fsp3) is 0.278. The van der Waals surface area contributed by atoms with Crippen molar-refractivity contribution in [2.75, 3.05) is 0 Å². The lowest BCUT2D eigenvalue weighted by atomic mass is 10.0. The molecule has 28 heavy (non-hydrogen) atoms. The van der Waals surface area contributed by atoms with E-state index < -0.39 is 22.0 Å². The third-order valence-electron chi connectivity index (χ3n) is 4.18. The number of hydrogen-bond donors (Lipinski definition) is 2. The van der Waals surface area contributed by atoms with Crippen LogP contribution in [0.4, 0.5) is 0 Å². The molecule has 0 fully saturated rings. The number of amides is 1. The summed E-state index contributed by atoms with van der Waals surface area (Å²) in [6.07, 6.45) is 0. The fourth-order valence-electron chi connectivity index (χ4n) is 2.66. The first-order chi connectivity index (χ1) is 13.3. The van der Waals surface area contributed by atoms with Crippen molar-refractivity contribution >= 4 is 50.3 Å². The highest BCUT2D eigenvalue weighted by atomic mass is 35.5. The van der Waals surface area contributed by atoms with E-state index in [0.29, 0.717) is 16.1 Å². The van der Waals surface area contributed by atoms with E-state index in [1.54, 1.807) is 44.2 Å². The lowest BCUT2D eigenvalue weighted by Crippen LogP contribution is -2.49. The van der Waals surface area contributed by atoms with Gasteiger partial charge in [0.2, 0.25) is 15.9 Å². The number of carbonyl (C=O) groups excluding carboxylic acids is 1. The van der Waals surface area contributed by atoms with Gasteiger partial charge in [0.1, 0.15) is 22.0 Å². The summed E-state index contributed by atoms with van der Waals surface area (Å²) in [5, 5.41) is 3.29. The lowest BCUT2D eigenvalue weighted by Gasteiger charge is -2.22. The molecule has 0 bridgehead atoms. The number of aromatic nitrogens is 2. The Kier molecular flexibility index (Phi) is 6.29. The van der Waals surface area contributed by atoms with Crippen molar-refractivity contribution in [2.45, 2.75) is 31.3 Å². The molecule has 0 saturated carbocycles.